The minimum Gasteiger partial charge on any atom is -0.335 e. The summed E-state index contributed by atoms with van der Waals surface area (Å²) in [7, 11) is 0. The molecule has 0 radical (unpaired) electrons. The summed E-state index contributed by atoms with van der Waals surface area (Å²) >= 11 is 0. The molecule has 4 nitrogen and oxygen atoms in total. The summed E-state index contributed by atoms with van der Waals surface area (Å²) in [6, 6.07) is 0.491. The van der Waals surface area contributed by atoms with Gasteiger partial charge in [-0.1, -0.05) is 20.8 Å². The Bertz CT molecular complexity index is 403. The van der Waals surface area contributed by atoms with Crippen LogP contribution in [0.2, 0.25) is 0 Å². The van der Waals surface area contributed by atoms with Crippen molar-refractivity contribution in [3.8, 4) is 0 Å². The van der Waals surface area contributed by atoms with Crippen molar-refractivity contribution in [1.29, 1.82) is 0 Å². The monoisotopic (exact) mass is 248 g/mol. The SMILES string of the molecule is CCc1cnc(N2CCNC[C@H]2C(C)C)nc1C. The number of rotatable bonds is 3. The van der Waals surface area contributed by atoms with Crippen molar-refractivity contribution in [1.82, 2.24) is 15.3 Å². The van der Waals surface area contributed by atoms with E-state index >= 15 is 0 Å². The second kappa shape index (κ2) is 5.65. The molecule has 0 aliphatic carbocycles. The molecule has 0 bridgehead atoms. The Morgan fingerprint density at radius 1 is 1.50 bits per heavy atom. The van der Waals surface area contributed by atoms with Crippen molar-refractivity contribution in [2.24, 2.45) is 5.92 Å². The van der Waals surface area contributed by atoms with Gasteiger partial charge in [-0.15, -0.1) is 0 Å². The molecule has 4 heteroatoms. The van der Waals surface area contributed by atoms with E-state index in [0.29, 0.717) is 12.0 Å². The van der Waals surface area contributed by atoms with Gasteiger partial charge in [0, 0.05) is 37.6 Å². The molecule has 0 aromatic carbocycles. The van der Waals surface area contributed by atoms with Gasteiger partial charge in [0.25, 0.3) is 0 Å². The highest BCUT2D eigenvalue weighted by Crippen LogP contribution is 2.19. The maximum atomic E-state index is 4.69. The van der Waals surface area contributed by atoms with E-state index in [2.05, 4.69) is 47.9 Å². The molecule has 2 rings (SSSR count). The molecule has 1 aliphatic rings. The number of hydrogen-bond acceptors (Lipinski definition) is 4. The fourth-order valence-corrected chi connectivity index (χ4v) is 2.53. The molecular formula is C14H24N4. The molecule has 1 N–H and O–H groups in total. The average molecular weight is 248 g/mol. The summed E-state index contributed by atoms with van der Waals surface area (Å²) in [5.41, 5.74) is 2.36. The first-order valence-electron chi connectivity index (χ1n) is 6.93. The average Bonchev–Trinajstić information content (AvgIpc) is 2.38. The van der Waals surface area contributed by atoms with E-state index in [0.717, 1.165) is 37.7 Å². The molecule has 1 atom stereocenters. The summed E-state index contributed by atoms with van der Waals surface area (Å²) in [4.78, 5) is 11.6. The van der Waals surface area contributed by atoms with Crippen LogP contribution in [0, 0.1) is 12.8 Å². The fraction of sp³-hybridized carbons (Fsp3) is 0.714. The van der Waals surface area contributed by atoms with Crippen LogP contribution >= 0.6 is 0 Å². The largest absolute Gasteiger partial charge is 0.335 e. The van der Waals surface area contributed by atoms with E-state index < -0.39 is 0 Å². The minimum absolute atomic E-state index is 0.491. The van der Waals surface area contributed by atoms with Gasteiger partial charge in [0.15, 0.2) is 0 Å². The number of hydrogen-bond donors (Lipinski definition) is 1. The lowest BCUT2D eigenvalue weighted by molar-refractivity contribution is 0.385. The molecule has 100 valence electrons. The third-order valence-electron chi connectivity index (χ3n) is 3.76. The summed E-state index contributed by atoms with van der Waals surface area (Å²) in [5.74, 6) is 1.50. The van der Waals surface area contributed by atoms with Crippen molar-refractivity contribution in [2.45, 2.75) is 40.2 Å². The molecule has 1 fully saturated rings. The highest BCUT2D eigenvalue weighted by molar-refractivity contribution is 5.35. The lowest BCUT2D eigenvalue weighted by atomic mass is 10.0. The maximum Gasteiger partial charge on any atom is 0.225 e. The highest BCUT2D eigenvalue weighted by Gasteiger charge is 2.26. The first-order chi connectivity index (χ1) is 8.63. The van der Waals surface area contributed by atoms with Gasteiger partial charge in [0.2, 0.25) is 5.95 Å². The van der Waals surface area contributed by atoms with Crippen LogP contribution in [0.25, 0.3) is 0 Å². The molecule has 0 amide bonds. The normalized spacial score (nSPS) is 20.5. The van der Waals surface area contributed by atoms with E-state index in [1.54, 1.807) is 0 Å². The van der Waals surface area contributed by atoms with E-state index in [1.807, 2.05) is 6.20 Å². The number of piperazine rings is 1. The predicted molar refractivity (Wildman–Crippen MR) is 75.0 cm³/mol. The molecule has 1 aliphatic heterocycles. The second-order valence-corrected chi connectivity index (χ2v) is 5.34. The van der Waals surface area contributed by atoms with Crippen LogP contribution < -0.4 is 10.2 Å². The zero-order chi connectivity index (χ0) is 13.1. The summed E-state index contributed by atoms with van der Waals surface area (Å²) < 4.78 is 0. The summed E-state index contributed by atoms with van der Waals surface area (Å²) in [6.45, 7) is 11.8. The van der Waals surface area contributed by atoms with Crippen molar-refractivity contribution in [3.05, 3.63) is 17.5 Å². The molecule has 1 saturated heterocycles. The molecule has 18 heavy (non-hydrogen) atoms. The number of aromatic nitrogens is 2. The Morgan fingerprint density at radius 3 is 2.89 bits per heavy atom. The van der Waals surface area contributed by atoms with Crippen molar-refractivity contribution in [3.63, 3.8) is 0 Å². The Kier molecular flexibility index (Phi) is 4.17. The zero-order valence-corrected chi connectivity index (χ0v) is 11.9. The van der Waals surface area contributed by atoms with Gasteiger partial charge in [0.05, 0.1) is 0 Å². The second-order valence-electron chi connectivity index (χ2n) is 5.34. The lowest BCUT2D eigenvalue weighted by Gasteiger charge is -2.38. The predicted octanol–water partition coefficient (Wildman–Crippen LogP) is 1.78. The maximum absolute atomic E-state index is 4.69. The number of nitrogens with one attached hydrogen (secondary N) is 1. The van der Waals surface area contributed by atoms with Crippen LogP contribution in [0.5, 0.6) is 0 Å². The first-order valence-corrected chi connectivity index (χ1v) is 6.93. The zero-order valence-electron chi connectivity index (χ0n) is 11.9. The lowest BCUT2D eigenvalue weighted by Crippen LogP contribution is -2.54. The molecule has 1 aromatic rings. The standard InChI is InChI=1S/C14H24N4/c1-5-12-8-16-14(17-11(12)4)18-7-6-15-9-13(18)10(2)3/h8,10,13,15H,5-7,9H2,1-4H3/t13-/m0/s1. The molecule has 0 spiro atoms. The molecule has 1 aromatic heterocycles. The van der Waals surface area contributed by atoms with Gasteiger partial charge in [-0.2, -0.15) is 0 Å². The van der Waals surface area contributed by atoms with Gasteiger partial charge >= 0.3 is 0 Å². The Hall–Kier alpha value is -1.16. The molecule has 0 saturated carbocycles. The first kappa shape index (κ1) is 13.3. The van der Waals surface area contributed by atoms with Crippen LogP contribution in [0.3, 0.4) is 0 Å². The molecular weight excluding hydrogens is 224 g/mol. The van der Waals surface area contributed by atoms with Crippen LogP contribution in [-0.2, 0) is 6.42 Å². The fourth-order valence-electron chi connectivity index (χ4n) is 2.53. The number of anilines is 1. The van der Waals surface area contributed by atoms with Crippen molar-refractivity contribution in [2.75, 3.05) is 24.5 Å². The van der Waals surface area contributed by atoms with E-state index in [-0.39, 0.29) is 0 Å². The quantitative estimate of drug-likeness (QED) is 0.885. The van der Waals surface area contributed by atoms with Crippen LogP contribution in [0.4, 0.5) is 5.95 Å². The minimum atomic E-state index is 0.491. The van der Waals surface area contributed by atoms with E-state index in [4.69, 9.17) is 0 Å². The van der Waals surface area contributed by atoms with Gasteiger partial charge < -0.3 is 10.2 Å². The highest BCUT2D eigenvalue weighted by atomic mass is 15.3. The Labute approximate surface area is 110 Å². The van der Waals surface area contributed by atoms with Gasteiger partial charge in [0.1, 0.15) is 0 Å². The topological polar surface area (TPSA) is 41.1 Å². The molecule has 0 unspecified atom stereocenters. The number of aryl methyl sites for hydroxylation is 2. The van der Waals surface area contributed by atoms with Crippen LogP contribution in [-0.4, -0.2) is 35.6 Å². The number of nitrogens with zero attached hydrogens (tertiary/aromatic N) is 3. The smallest absolute Gasteiger partial charge is 0.225 e. The van der Waals surface area contributed by atoms with Crippen molar-refractivity contribution < 1.29 is 0 Å². The summed E-state index contributed by atoms with van der Waals surface area (Å²) in [5, 5.41) is 3.46. The van der Waals surface area contributed by atoms with Gasteiger partial charge in [-0.3, -0.25) is 0 Å². The summed E-state index contributed by atoms with van der Waals surface area (Å²) in [6.07, 6.45) is 2.98. The van der Waals surface area contributed by atoms with E-state index in [9.17, 15) is 0 Å². The Morgan fingerprint density at radius 2 is 2.28 bits per heavy atom. The van der Waals surface area contributed by atoms with Gasteiger partial charge in [-0.25, -0.2) is 9.97 Å². The molecule has 2 heterocycles. The third kappa shape index (κ3) is 2.64. The van der Waals surface area contributed by atoms with E-state index in [1.165, 1.54) is 5.56 Å². The Balaban J connectivity index is 2.25. The third-order valence-corrected chi connectivity index (χ3v) is 3.76. The van der Waals surface area contributed by atoms with Crippen molar-refractivity contribution >= 4 is 5.95 Å². The van der Waals surface area contributed by atoms with Gasteiger partial charge in [-0.05, 0) is 24.8 Å². The van der Waals surface area contributed by atoms with Crippen LogP contribution in [0.15, 0.2) is 6.20 Å². The van der Waals surface area contributed by atoms with Crippen LogP contribution in [0.1, 0.15) is 32.0 Å².